The van der Waals surface area contributed by atoms with Gasteiger partial charge < -0.3 is 10.1 Å². The number of benzene rings is 1. The van der Waals surface area contributed by atoms with Crippen molar-refractivity contribution >= 4 is 34.7 Å². The van der Waals surface area contributed by atoms with Gasteiger partial charge in [0.2, 0.25) is 0 Å². The molecule has 19 heavy (non-hydrogen) atoms. The van der Waals surface area contributed by atoms with Crippen molar-refractivity contribution in [2.24, 2.45) is 0 Å². The molecule has 0 fully saturated rings. The van der Waals surface area contributed by atoms with E-state index in [1.165, 1.54) is 6.07 Å². The fourth-order valence-electron chi connectivity index (χ4n) is 1.79. The first-order chi connectivity index (χ1) is 9.08. The lowest BCUT2D eigenvalue weighted by atomic mass is 10.0. The molecule has 1 aliphatic heterocycles. The Morgan fingerprint density at radius 2 is 2.26 bits per heavy atom. The summed E-state index contributed by atoms with van der Waals surface area (Å²) >= 11 is 5.86. The predicted octanol–water partition coefficient (Wildman–Crippen LogP) is 2.13. The number of rotatable bonds is 2. The van der Waals surface area contributed by atoms with Gasteiger partial charge in [-0.15, -0.1) is 0 Å². The minimum absolute atomic E-state index is 0.00144. The third-order valence-corrected chi connectivity index (χ3v) is 2.80. The summed E-state index contributed by atoms with van der Waals surface area (Å²) in [6, 6.07) is 6.47. The van der Waals surface area contributed by atoms with Crippen molar-refractivity contribution in [2.45, 2.75) is 6.92 Å². The van der Waals surface area contributed by atoms with Gasteiger partial charge in [0.05, 0.1) is 12.2 Å². The molecule has 1 aliphatic rings. The Kier molecular flexibility index (Phi) is 3.54. The number of nitrogens with one attached hydrogen (secondary N) is 1. The van der Waals surface area contributed by atoms with E-state index < -0.39 is 11.9 Å². The van der Waals surface area contributed by atoms with Gasteiger partial charge in [-0.3, -0.25) is 4.79 Å². The van der Waals surface area contributed by atoms with Gasteiger partial charge in [-0.05, 0) is 25.1 Å². The quantitative estimate of drug-likeness (QED) is 0.510. The second-order valence-electron chi connectivity index (χ2n) is 3.73. The van der Waals surface area contributed by atoms with E-state index in [2.05, 4.69) is 5.32 Å². The number of carbonyl (C=O) groups excluding carboxylic acids is 2. The smallest absolute Gasteiger partial charge is 0.349 e. The number of halogens is 1. The summed E-state index contributed by atoms with van der Waals surface area (Å²) in [5, 5.41) is 12.1. The molecule has 0 bridgehead atoms. The van der Waals surface area contributed by atoms with Crippen LogP contribution in [0.15, 0.2) is 23.8 Å². The number of hydrogen-bond acceptors (Lipinski definition) is 4. The zero-order valence-corrected chi connectivity index (χ0v) is 10.7. The fraction of sp³-hybridized carbons (Fsp3) is 0.154. The Labute approximate surface area is 114 Å². The van der Waals surface area contributed by atoms with Crippen molar-refractivity contribution < 1.29 is 14.3 Å². The molecule has 2 rings (SSSR count). The van der Waals surface area contributed by atoms with Gasteiger partial charge in [0, 0.05) is 16.3 Å². The van der Waals surface area contributed by atoms with E-state index in [9.17, 15) is 9.59 Å². The van der Waals surface area contributed by atoms with Crippen LogP contribution in [0.1, 0.15) is 12.5 Å². The predicted molar refractivity (Wildman–Crippen MR) is 69.2 cm³/mol. The highest BCUT2D eigenvalue weighted by Gasteiger charge is 2.31. The van der Waals surface area contributed by atoms with Crippen molar-refractivity contribution in [1.29, 1.82) is 5.26 Å². The van der Waals surface area contributed by atoms with Crippen molar-refractivity contribution in [2.75, 3.05) is 11.9 Å². The first kappa shape index (κ1) is 13.1. The lowest BCUT2D eigenvalue weighted by Crippen LogP contribution is -2.13. The Balaban J connectivity index is 2.62. The SMILES string of the molecule is CCOC(=O)/C(C#N)=C1/C(=O)Nc2ccc(Cl)cc21. The van der Waals surface area contributed by atoms with Gasteiger partial charge >= 0.3 is 5.97 Å². The van der Waals surface area contributed by atoms with E-state index in [0.29, 0.717) is 16.3 Å². The Hall–Kier alpha value is -2.32. The van der Waals surface area contributed by atoms with E-state index in [4.69, 9.17) is 21.6 Å². The molecule has 1 heterocycles. The van der Waals surface area contributed by atoms with Crippen molar-refractivity contribution in [1.82, 2.24) is 0 Å². The van der Waals surface area contributed by atoms with Crippen LogP contribution < -0.4 is 5.32 Å². The maximum absolute atomic E-state index is 11.9. The summed E-state index contributed by atoms with van der Waals surface area (Å²) < 4.78 is 4.77. The van der Waals surface area contributed by atoms with Crippen LogP contribution in [-0.4, -0.2) is 18.5 Å². The van der Waals surface area contributed by atoms with Crippen LogP contribution in [-0.2, 0) is 14.3 Å². The van der Waals surface area contributed by atoms with Crippen LogP contribution in [0.3, 0.4) is 0 Å². The number of anilines is 1. The van der Waals surface area contributed by atoms with Gasteiger partial charge in [-0.1, -0.05) is 11.6 Å². The van der Waals surface area contributed by atoms with Crippen molar-refractivity contribution in [3.8, 4) is 6.07 Å². The number of ether oxygens (including phenoxy) is 1. The third kappa shape index (κ3) is 2.30. The molecule has 0 atom stereocenters. The van der Waals surface area contributed by atoms with E-state index in [-0.39, 0.29) is 17.8 Å². The van der Waals surface area contributed by atoms with Gasteiger partial charge in [0.25, 0.3) is 5.91 Å². The van der Waals surface area contributed by atoms with E-state index >= 15 is 0 Å². The molecule has 0 saturated carbocycles. The number of esters is 1. The summed E-state index contributed by atoms with van der Waals surface area (Å²) in [6.45, 7) is 1.75. The monoisotopic (exact) mass is 276 g/mol. The molecule has 1 aromatic carbocycles. The molecule has 0 aliphatic carbocycles. The molecule has 0 unspecified atom stereocenters. The highest BCUT2D eigenvalue weighted by molar-refractivity contribution is 6.37. The van der Waals surface area contributed by atoms with Gasteiger partial charge in [0.15, 0.2) is 5.57 Å². The van der Waals surface area contributed by atoms with E-state index in [1.807, 2.05) is 0 Å². The summed E-state index contributed by atoms with van der Waals surface area (Å²) in [5.41, 5.74) is 0.627. The van der Waals surface area contributed by atoms with Crippen LogP contribution >= 0.6 is 11.6 Å². The maximum atomic E-state index is 11.9. The van der Waals surface area contributed by atoms with Crippen LogP contribution in [0.2, 0.25) is 5.02 Å². The topological polar surface area (TPSA) is 79.2 Å². The lowest BCUT2D eigenvalue weighted by molar-refractivity contribution is -0.138. The second-order valence-corrected chi connectivity index (χ2v) is 4.16. The second kappa shape index (κ2) is 5.12. The van der Waals surface area contributed by atoms with Crippen LogP contribution in [0.5, 0.6) is 0 Å². The molecule has 0 saturated heterocycles. The molecule has 1 aromatic rings. The van der Waals surface area contributed by atoms with Crippen LogP contribution in [0.4, 0.5) is 5.69 Å². The van der Waals surface area contributed by atoms with Gasteiger partial charge in [-0.25, -0.2) is 4.79 Å². The summed E-state index contributed by atoms with van der Waals surface area (Å²) in [7, 11) is 0. The molecule has 6 heteroatoms. The molecule has 1 N–H and O–H groups in total. The highest BCUT2D eigenvalue weighted by atomic mass is 35.5. The summed E-state index contributed by atoms with van der Waals surface area (Å²) in [5.74, 6) is -1.33. The third-order valence-electron chi connectivity index (χ3n) is 2.57. The van der Waals surface area contributed by atoms with Crippen molar-refractivity contribution in [3.63, 3.8) is 0 Å². The summed E-state index contributed by atoms with van der Waals surface area (Å²) in [4.78, 5) is 23.6. The minimum atomic E-state index is -0.817. The number of hydrogen-bond donors (Lipinski definition) is 1. The molecule has 0 aromatic heterocycles. The number of nitrogens with zero attached hydrogens (tertiary/aromatic N) is 1. The largest absolute Gasteiger partial charge is 0.462 e. The molecule has 0 spiro atoms. The maximum Gasteiger partial charge on any atom is 0.349 e. The van der Waals surface area contributed by atoms with Crippen LogP contribution in [0, 0.1) is 11.3 Å². The lowest BCUT2D eigenvalue weighted by Gasteiger charge is -2.03. The van der Waals surface area contributed by atoms with Gasteiger partial charge in [0.1, 0.15) is 6.07 Å². The number of fused-ring (bicyclic) bond motifs is 1. The van der Waals surface area contributed by atoms with E-state index in [0.717, 1.165) is 0 Å². The molecule has 0 radical (unpaired) electrons. The molecular weight excluding hydrogens is 268 g/mol. The number of nitriles is 1. The average Bonchev–Trinajstić information content (AvgIpc) is 2.68. The number of carbonyl (C=O) groups is 2. The van der Waals surface area contributed by atoms with Crippen molar-refractivity contribution in [3.05, 3.63) is 34.4 Å². The Bertz CT molecular complexity index is 644. The Morgan fingerprint density at radius 3 is 2.89 bits per heavy atom. The zero-order chi connectivity index (χ0) is 14.0. The van der Waals surface area contributed by atoms with E-state index in [1.54, 1.807) is 25.1 Å². The molecule has 1 amide bonds. The van der Waals surface area contributed by atoms with Gasteiger partial charge in [-0.2, -0.15) is 5.26 Å². The zero-order valence-electron chi connectivity index (χ0n) is 9.99. The molecule has 96 valence electrons. The first-order valence-electron chi connectivity index (χ1n) is 5.51. The fourth-order valence-corrected chi connectivity index (χ4v) is 1.97. The first-order valence-corrected chi connectivity index (χ1v) is 5.89. The normalized spacial score (nSPS) is 15.3. The summed E-state index contributed by atoms with van der Waals surface area (Å²) in [6.07, 6.45) is 0. The average molecular weight is 277 g/mol. The Morgan fingerprint density at radius 1 is 1.53 bits per heavy atom. The minimum Gasteiger partial charge on any atom is -0.462 e. The van der Waals surface area contributed by atoms with Crippen LogP contribution in [0.25, 0.3) is 5.57 Å². The molecular formula is C13H9ClN2O3. The number of amides is 1. The standard InChI is InChI=1S/C13H9ClN2O3/c1-2-19-13(18)9(6-15)11-8-5-7(14)3-4-10(8)16-12(11)17/h3-5H,2H2,1H3,(H,16,17)/b11-9+. The highest BCUT2D eigenvalue weighted by Crippen LogP contribution is 2.35. The molecule has 5 nitrogen and oxygen atoms in total.